The molecule has 0 spiro atoms. The molecule has 2 aliphatic rings. The predicted molar refractivity (Wildman–Crippen MR) is 98.2 cm³/mol. The van der Waals surface area contributed by atoms with Gasteiger partial charge >= 0.3 is 0 Å². The topological polar surface area (TPSA) is 33.5 Å². The summed E-state index contributed by atoms with van der Waals surface area (Å²) in [7, 11) is 0. The van der Waals surface area contributed by atoms with Gasteiger partial charge < -0.3 is 10.2 Å². The van der Waals surface area contributed by atoms with Crippen molar-refractivity contribution in [1.29, 1.82) is 0 Å². The average molecular weight is 350 g/mol. The van der Waals surface area contributed by atoms with Crippen molar-refractivity contribution < 1.29 is 9.69 Å². The van der Waals surface area contributed by atoms with E-state index in [1.807, 2.05) is 18.2 Å². The van der Waals surface area contributed by atoms with Crippen LogP contribution in [0.25, 0.3) is 0 Å². The number of nitrogens with one attached hydrogen (secondary N) is 2. The summed E-state index contributed by atoms with van der Waals surface area (Å²) in [6, 6.07) is 8.52. The Kier molecular flexibility index (Phi) is 6.56. The summed E-state index contributed by atoms with van der Waals surface area (Å²) in [5.74, 6) is 0.516. The van der Waals surface area contributed by atoms with E-state index < -0.39 is 0 Å². The largest absolute Gasteiger partial charge is 0.353 e. The number of carbonyl (C=O) groups excluding carboxylic acids is 1. The minimum atomic E-state index is 0.211. The van der Waals surface area contributed by atoms with Crippen LogP contribution in [0.1, 0.15) is 56.9 Å². The summed E-state index contributed by atoms with van der Waals surface area (Å²) in [5, 5.41) is 4.19. The van der Waals surface area contributed by atoms with Crippen LogP contribution in [0.4, 0.5) is 0 Å². The van der Waals surface area contributed by atoms with Crippen LogP contribution in [0.3, 0.4) is 0 Å². The molecule has 1 amide bonds. The number of carbonyl (C=O) groups is 1. The second kappa shape index (κ2) is 8.87. The van der Waals surface area contributed by atoms with Gasteiger partial charge in [0.1, 0.15) is 6.54 Å². The van der Waals surface area contributed by atoms with Gasteiger partial charge in [-0.1, -0.05) is 55.5 Å². The Balaban J connectivity index is 1.44. The van der Waals surface area contributed by atoms with E-state index in [1.165, 1.54) is 44.1 Å². The highest BCUT2D eigenvalue weighted by Crippen LogP contribution is 2.19. The van der Waals surface area contributed by atoms with E-state index in [4.69, 9.17) is 11.6 Å². The van der Waals surface area contributed by atoms with Gasteiger partial charge in [-0.15, -0.1) is 0 Å². The lowest BCUT2D eigenvalue weighted by Gasteiger charge is -2.30. The van der Waals surface area contributed by atoms with Crippen LogP contribution in [0.2, 0.25) is 5.02 Å². The van der Waals surface area contributed by atoms with Crippen LogP contribution in [0, 0.1) is 5.92 Å². The number of quaternary nitrogens is 1. The van der Waals surface area contributed by atoms with Crippen molar-refractivity contribution in [1.82, 2.24) is 5.32 Å². The van der Waals surface area contributed by atoms with Crippen LogP contribution in [0.15, 0.2) is 24.3 Å². The maximum Gasteiger partial charge on any atom is 0.223 e. The third-order valence-electron chi connectivity index (χ3n) is 5.66. The molecule has 0 aromatic heterocycles. The molecule has 2 N–H and O–H groups in total. The number of hydrogen-bond donors (Lipinski definition) is 2. The maximum atomic E-state index is 12.6. The molecular weight excluding hydrogens is 320 g/mol. The lowest BCUT2D eigenvalue weighted by Crippen LogP contribution is -3.11. The normalized spacial score (nSPS) is 25.9. The van der Waals surface area contributed by atoms with Gasteiger partial charge in [0.15, 0.2) is 0 Å². The molecule has 1 saturated carbocycles. The van der Waals surface area contributed by atoms with Crippen molar-refractivity contribution in [2.24, 2.45) is 5.92 Å². The van der Waals surface area contributed by atoms with Crippen molar-refractivity contribution in [2.45, 2.75) is 64.0 Å². The minimum absolute atomic E-state index is 0.211. The molecule has 132 valence electrons. The molecule has 1 heterocycles. The first kappa shape index (κ1) is 17.8. The van der Waals surface area contributed by atoms with Crippen molar-refractivity contribution in [3.05, 3.63) is 34.9 Å². The van der Waals surface area contributed by atoms with Crippen LogP contribution in [0.5, 0.6) is 0 Å². The smallest absolute Gasteiger partial charge is 0.223 e. The number of halogens is 1. The van der Waals surface area contributed by atoms with Gasteiger partial charge in [0.2, 0.25) is 5.91 Å². The molecule has 0 bridgehead atoms. The van der Waals surface area contributed by atoms with Crippen molar-refractivity contribution in [2.75, 3.05) is 13.1 Å². The molecule has 4 heteroatoms. The van der Waals surface area contributed by atoms with E-state index in [0.29, 0.717) is 11.9 Å². The third kappa shape index (κ3) is 4.97. The molecule has 0 atom stereocenters. The lowest BCUT2D eigenvalue weighted by atomic mass is 9.94. The zero-order valence-corrected chi connectivity index (χ0v) is 15.3. The molecule has 1 aliphatic heterocycles. The summed E-state index contributed by atoms with van der Waals surface area (Å²) in [4.78, 5) is 14.1. The highest BCUT2D eigenvalue weighted by Gasteiger charge is 2.29. The van der Waals surface area contributed by atoms with E-state index in [9.17, 15) is 4.79 Å². The fourth-order valence-corrected chi connectivity index (χ4v) is 4.32. The summed E-state index contributed by atoms with van der Waals surface area (Å²) < 4.78 is 0. The molecule has 24 heavy (non-hydrogen) atoms. The highest BCUT2D eigenvalue weighted by molar-refractivity contribution is 6.31. The van der Waals surface area contributed by atoms with E-state index in [2.05, 4.69) is 11.4 Å². The molecule has 0 unspecified atom stereocenters. The Hall–Kier alpha value is -1.06. The molecule has 0 radical (unpaired) electrons. The Bertz CT molecular complexity index is 532. The molecule has 1 aromatic rings. The number of rotatable bonds is 4. The summed E-state index contributed by atoms with van der Waals surface area (Å²) in [5.41, 5.74) is 1.22. The Morgan fingerprint density at radius 2 is 1.71 bits per heavy atom. The molecule has 3 nitrogen and oxygen atoms in total. The monoisotopic (exact) mass is 349 g/mol. The van der Waals surface area contributed by atoms with Crippen molar-refractivity contribution >= 4 is 17.5 Å². The lowest BCUT2D eigenvalue weighted by molar-refractivity contribution is -0.919. The molecule has 1 saturated heterocycles. The van der Waals surface area contributed by atoms with Crippen LogP contribution in [-0.2, 0) is 11.3 Å². The fourth-order valence-electron chi connectivity index (χ4n) is 4.12. The Morgan fingerprint density at radius 3 is 2.38 bits per heavy atom. The van der Waals surface area contributed by atoms with Gasteiger partial charge in [-0.25, -0.2) is 0 Å². The maximum absolute atomic E-state index is 12.6. The van der Waals surface area contributed by atoms with Crippen LogP contribution in [-0.4, -0.2) is 25.0 Å². The van der Waals surface area contributed by atoms with Gasteiger partial charge in [0, 0.05) is 35.4 Å². The summed E-state index contributed by atoms with van der Waals surface area (Å²) >= 11 is 6.27. The quantitative estimate of drug-likeness (QED) is 0.805. The molecule has 1 aliphatic carbocycles. The van der Waals surface area contributed by atoms with Crippen LogP contribution >= 0.6 is 11.6 Å². The van der Waals surface area contributed by atoms with Gasteiger partial charge in [0.05, 0.1) is 13.1 Å². The molecule has 1 aromatic carbocycles. The number of piperidine rings is 1. The zero-order chi connectivity index (χ0) is 16.8. The second-order valence-electron chi connectivity index (χ2n) is 7.49. The summed E-state index contributed by atoms with van der Waals surface area (Å²) in [6.45, 7) is 3.10. The van der Waals surface area contributed by atoms with Crippen molar-refractivity contribution in [3.63, 3.8) is 0 Å². The SMILES string of the molecule is O=C(NC1CCCCCC1)C1CC[NH+](Cc2ccccc2Cl)CC1. The average Bonchev–Trinajstić information content (AvgIpc) is 2.86. The van der Waals surface area contributed by atoms with Gasteiger partial charge in [-0.05, 0) is 18.9 Å². The number of likely N-dealkylation sites (tertiary alicyclic amines) is 1. The fraction of sp³-hybridized carbons (Fsp3) is 0.650. The standard InChI is InChI=1S/C20H29ClN2O/c21-19-10-6-5-7-17(19)15-23-13-11-16(12-14-23)20(24)22-18-8-3-1-2-4-9-18/h5-7,10,16,18H,1-4,8-9,11-15H2,(H,22,24)/p+1. The molecule has 2 fully saturated rings. The van der Waals surface area contributed by atoms with Gasteiger partial charge in [-0.3, -0.25) is 4.79 Å². The van der Waals surface area contributed by atoms with Gasteiger partial charge in [0.25, 0.3) is 0 Å². The number of amides is 1. The zero-order valence-electron chi connectivity index (χ0n) is 14.5. The first-order chi connectivity index (χ1) is 11.7. The van der Waals surface area contributed by atoms with E-state index >= 15 is 0 Å². The molecular formula is C20H30ClN2O+. The molecule has 3 rings (SSSR count). The van der Waals surface area contributed by atoms with Crippen LogP contribution < -0.4 is 10.2 Å². The second-order valence-corrected chi connectivity index (χ2v) is 7.90. The Morgan fingerprint density at radius 1 is 1.04 bits per heavy atom. The Labute approximate surface area is 150 Å². The predicted octanol–water partition coefficient (Wildman–Crippen LogP) is 2.97. The third-order valence-corrected chi connectivity index (χ3v) is 6.03. The first-order valence-electron chi connectivity index (χ1n) is 9.60. The number of benzene rings is 1. The van der Waals surface area contributed by atoms with Crippen molar-refractivity contribution in [3.8, 4) is 0 Å². The summed E-state index contributed by atoms with van der Waals surface area (Å²) in [6.07, 6.45) is 9.53. The first-order valence-corrected chi connectivity index (χ1v) is 9.97. The van der Waals surface area contributed by atoms with E-state index in [-0.39, 0.29) is 5.92 Å². The minimum Gasteiger partial charge on any atom is -0.353 e. The number of hydrogen-bond acceptors (Lipinski definition) is 1. The van der Waals surface area contributed by atoms with E-state index in [1.54, 1.807) is 4.90 Å². The van der Waals surface area contributed by atoms with Gasteiger partial charge in [-0.2, -0.15) is 0 Å². The highest BCUT2D eigenvalue weighted by atomic mass is 35.5. The van der Waals surface area contributed by atoms with E-state index in [0.717, 1.165) is 37.5 Å².